The number of ether oxygens (including phenoxy) is 1. The fourth-order valence-electron chi connectivity index (χ4n) is 3.13. The van der Waals surface area contributed by atoms with Gasteiger partial charge in [-0.3, -0.25) is 9.59 Å². The Labute approximate surface area is 145 Å². The third-order valence-corrected chi connectivity index (χ3v) is 4.30. The second-order valence-electron chi connectivity index (χ2n) is 5.99. The number of nitrogens with one attached hydrogen (secondary N) is 1. The van der Waals surface area contributed by atoms with Gasteiger partial charge in [0.15, 0.2) is 0 Å². The average molecular weight is 340 g/mol. The number of carbonyl (C=O) groups excluding carboxylic acids is 1. The van der Waals surface area contributed by atoms with E-state index in [2.05, 4.69) is 17.4 Å². The van der Waals surface area contributed by atoms with E-state index in [-0.39, 0.29) is 25.6 Å². The normalized spacial score (nSPS) is 13.8. The van der Waals surface area contributed by atoms with Gasteiger partial charge in [-0.05, 0) is 22.3 Å². The summed E-state index contributed by atoms with van der Waals surface area (Å²) in [5.41, 5.74) is 10.3. The van der Waals surface area contributed by atoms with E-state index in [1.165, 1.54) is 0 Å². The maximum absolute atomic E-state index is 12.1. The fraction of sp³-hybridized carbons (Fsp3) is 0.263. The zero-order valence-electron chi connectivity index (χ0n) is 13.6. The minimum Gasteiger partial charge on any atom is -0.480 e. The number of hydrogen-bond acceptors (Lipinski definition) is 5. The van der Waals surface area contributed by atoms with Crippen LogP contribution in [-0.2, 0) is 14.3 Å². The summed E-state index contributed by atoms with van der Waals surface area (Å²) < 4.78 is 5.41. The minimum absolute atomic E-state index is 0.0180. The van der Waals surface area contributed by atoms with Gasteiger partial charge in [-0.25, -0.2) is 0 Å². The number of esters is 1. The van der Waals surface area contributed by atoms with Crippen LogP contribution in [-0.4, -0.2) is 42.8 Å². The SMILES string of the molecule is NC(CNCC(=O)O)C(=O)OCC1c2ccccc2-c2ccccc21. The monoisotopic (exact) mass is 340 g/mol. The van der Waals surface area contributed by atoms with E-state index in [0.29, 0.717) is 0 Å². The molecular formula is C19H20N2O4. The van der Waals surface area contributed by atoms with Gasteiger partial charge in [-0.2, -0.15) is 0 Å². The second-order valence-corrected chi connectivity index (χ2v) is 5.99. The number of carbonyl (C=O) groups is 2. The molecule has 0 saturated heterocycles. The Morgan fingerprint density at radius 1 is 1.08 bits per heavy atom. The molecule has 3 rings (SSSR count). The summed E-state index contributed by atoms with van der Waals surface area (Å²) in [5, 5.41) is 11.2. The van der Waals surface area contributed by atoms with Crippen molar-refractivity contribution in [2.75, 3.05) is 19.7 Å². The number of aliphatic carboxylic acids is 1. The third-order valence-electron chi connectivity index (χ3n) is 4.30. The van der Waals surface area contributed by atoms with Crippen molar-refractivity contribution in [3.63, 3.8) is 0 Å². The number of carboxylic acids is 1. The van der Waals surface area contributed by atoms with E-state index >= 15 is 0 Å². The number of benzene rings is 2. The summed E-state index contributed by atoms with van der Waals surface area (Å²) in [7, 11) is 0. The van der Waals surface area contributed by atoms with Crippen LogP contribution in [0.25, 0.3) is 11.1 Å². The summed E-state index contributed by atoms with van der Waals surface area (Å²) >= 11 is 0. The number of nitrogens with two attached hydrogens (primary N) is 1. The first-order valence-electron chi connectivity index (χ1n) is 8.11. The molecule has 0 heterocycles. The quantitative estimate of drug-likeness (QED) is 0.658. The van der Waals surface area contributed by atoms with Crippen molar-refractivity contribution >= 4 is 11.9 Å². The fourth-order valence-corrected chi connectivity index (χ4v) is 3.13. The molecule has 0 radical (unpaired) electrons. The van der Waals surface area contributed by atoms with Crippen molar-refractivity contribution in [2.24, 2.45) is 5.73 Å². The van der Waals surface area contributed by atoms with E-state index in [1.54, 1.807) is 0 Å². The summed E-state index contributed by atoms with van der Waals surface area (Å²) in [6.45, 7) is 0.0207. The minimum atomic E-state index is -1.00. The number of fused-ring (bicyclic) bond motifs is 3. The molecule has 25 heavy (non-hydrogen) atoms. The molecule has 4 N–H and O–H groups in total. The maximum atomic E-state index is 12.1. The zero-order chi connectivity index (χ0) is 17.8. The van der Waals surface area contributed by atoms with Crippen molar-refractivity contribution in [1.29, 1.82) is 0 Å². The lowest BCUT2D eigenvalue weighted by Crippen LogP contribution is -2.43. The van der Waals surface area contributed by atoms with E-state index in [1.807, 2.05) is 36.4 Å². The molecular weight excluding hydrogens is 320 g/mol. The summed E-state index contributed by atoms with van der Waals surface area (Å²) in [6.07, 6.45) is 0. The molecule has 0 saturated carbocycles. The molecule has 2 aromatic carbocycles. The van der Waals surface area contributed by atoms with Crippen LogP contribution in [0.2, 0.25) is 0 Å². The second kappa shape index (κ2) is 7.46. The molecule has 0 aliphatic heterocycles. The Morgan fingerprint density at radius 2 is 1.64 bits per heavy atom. The Balaban J connectivity index is 1.65. The molecule has 0 amide bonds. The molecule has 0 bridgehead atoms. The van der Waals surface area contributed by atoms with Crippen LogP contribution >= 0.6 is 0 Å². The van der Waals surface area contributed by atoms with Crippen LogP contribution < -0.4 is 11.1 Å². The van der Waals surface area contributed by atoms with E-state index in [9.17, 15) is 9.59 Å². The maximum Gasteiger partial charge on any atom is 0.324 e. The van der Waals surface area contributed by atoms with E-state index < -0.39 is 18.0 Å². The summed E-state index contributed by atoms with van der Waals surface area (Å²) in [4.78, 5) is 22.5. The Hall–Kier alpha value is -2.70. The number of hydrogen-bond donors (Lipinski definition) is 3. The van der Waals surface area contributed by atoms with Gasteiger partial charge in [0.25, 0.3) is 0 Å². The zero-order valence-corrected chi connectivity index (χ0v) is 13.6. The highest BCUT2D eigenvalue weighted by molar-refractivity contribution is 5.79. The van der Waals surface area contributed by atoms with Gasteiger partial charge >= 0.3 is 11.9 Å². The molecule has 0 spiro atoms. The molecule has 1 unspecified atom stereocenters. The summed E-state index contributed by atoms with van der Waals surface area (Å²) in [5.74, 6) is -1.56. The molecule has 1 aliphatic carbocycles. The smallest absolute Gasteiger partial charge is 0.324 e. The predicted molar refractivity (Wildman–Crippen MR) is 93.2 cm³/mol. The van der Waals surface area contributed by atoms with Crippen LogP contribution in [0.1, 0.15) is 17.0 Å². The first kappa shape index (κ1) is 17.1. The first-order valence-corrected chi connectivity index (χ1v) is 8.11. The highest BCUT2D eigenvalue weighted by Gasteiger charge is 2.29. The van der Waals surface area contributed by atoms with Crippen LogP contribution in [0, 0.1) is 0 Å². The van der Waals surface area contributed by atoms with Gasteiger partial charge in [-0.1, -0.05) is 48.5 Å². The lowest BCUT2D eigenvalue weighted by atomic mass is 9.98. The molecule has 0 aromatic heterocycles. The lowest BCUT2D eigenvalue weighted by molar-refractivity contribution is -0.145. The van der Waals surface area contributed by atoms with Crippen molar-refractivity contribution in [1.82, 2.24) is 5.32 Å². The van der Waals surface area contributed by atoms with E-state index in [4.69, 9.17) is 15.6 Å². The highest BCUT2D eigenvalue weighted by Crippen LogP contribution is 2.44. The van der Waals surface area contributed by atoms with Crippen LogP contribution in [0.15, 0.2) is 48.5 Å². The molecule has 2 aromatic rings. The van der Waals surface area contributed by atoms with Gasteiger partial charge in [0.2, 0.25) is 0 Å². The molecule has 130 valence electrons. The van der Waals surface area contributed by atoms with Gasteiger partial charge in [0, 0.05) is 12.5 Å². The highest BCUT2D eigenvalue weighted by atomic mass is 16.5. The number of rotatable bonds is 7. The van der Waals surface area contributed by atoms with Gasteiger partial charge < -0.3 is 20.9 Å². The lowest BCUT2D eigenvalue weighted by Gasteiger charge is -2.16. The molecule has 6 heteroatoms. The Kier molecular flexibility index (Phi) is 5.11. The van der Waals surface area contributed by atoms with Gasteiger partial charge in [0.05, 0.1) is 6.54 Å². The van der Waals surface area contributed by atoms with Gasteiger partial charge in [0.1, 0.15) is 12.6 Å². The van der Waals surface area contributed by atoms with Crippen LogP contribution in [0.5, 0.6) is 0 Å². The standard InChI is InChI=1S/C19H20N2O4/c20-17(9-21-10-18(22)23)19(24)25-11-16-14-7-3-1-5-12(14)13-6-2-4-8-15(13)16/h1-8,16-17,21H,9-11,20H2,(H,22,23). The summed E-state index contributed by atoms with van der Waals surface area (Å²) in [6, 6.07) is 15.3. The van der Waals surface area contributed by atoms with Crippen molar-refractivity contribution in [3.8, 4) is 11.1 Å². The van der Waals surface area contributed by atoms with Crippen LogP contribution in [0.4, 0.5) is 0 Å². The largest absolute Gasteiger partial charge is 0.480 e. The number of carboxylic acid groups (broad SMARTS) is 1. The molecule has 6 nitrogen and oxygen atoms in total. The van der Waals surface area contributed by atoms with Gasteiger partial charge in [-0.15, -0.1) is 0 Å². The predicted octanol–water partition coefficient (Wildman–Crippen LogP) is 1.34. The molecule has 1 atom stereocenters. The molecule has 0 fully saturated rings. The average Bonchev–Trinajstić information content (AvgIpc) is 2.93. The van der Waals surface area contributed by atoms with Crippen molar-refractivity contribution in [3.05, 3.63) is 59.7 Å². The van der Waals surface area contributed by atoms with E-state index in [0.717, 1.165) is 22.3 Å². The van der Waals surface area contributed by atoms with Crippen molar-refractivity contribution in [2.45, 2.75) is 12.0 Å². The van der Waals surface area contributed by atoms with Crippen molar-refractivity contribution < 1.29 is 19.4 Å². The first-order chi connectivity index (χ1) is 12.1. The Morgan fingerprint density at radius 3 is 2.20 bits per heavy atom. The van der Waals surface area contributed by atoms with Crippen LogP contribution in [0.3, 0.4) is 0 Å². The third kappa shape index (κ3) is 3.70. The molecule has 1 aliphatic rings. The Bertz CT molecular complexity index is 745. The topological polar surface area (TPSA) is 102 Å².